The number of nitrogens with zero attached hydrogens (tertiary/aromatic N) is 1. The first kappa shape index (κ1) is 14.9. The van der Waals surface area contributed by atoms with Gasteiger partial charge in [-0.15, -0.1) is 0 Å². The zero-order valence-corrected chi connectivity index (χ0v) is 12.4. The number of benzene rings is 1. The Balaban J connectivity index is 1.99. The van der Waals surface area contributed by atoms with Gasteiger partial charge in [-0.2, -0.15) is 0 Å². The van der Waals surface area contributed by atoms with Crippen molar-refractivity contribution >= 4 is 5.91 Å². The van der Waals surface area contributed by atoms with Crippen LogP contribution in [0.2, 0.25) is 0 Å². The molecule has 0 aliphatic carbocycles. The van der Waals surface area contributed by atoms with Crippen molar-refractivity contribution < 1.29 is 14.6 Å². The van der Waals surface area contributed by atoms with Gasteiger partial charge in [0.1, 0.15) is 5.75 Å². The Bertz CT molecular complexity index is 479. The summed E-state index contributed by atoms with van der Waals surface area (Å²) in [4.78, 5) is 13.7. The number of aliphatic hydroxyl groups excluding tert-OH is 1. The first-order chi connectivity index (χ1) is 9.38. The van der Waals surface area contributed by atoms with Crippen molar-refractivity contribution in [2.45, 2.75) is 38.7 Å². The van der Waals surface area contributed by atoms with Gasteiger partial charge in [0, 0.05) is 13.1 Å². The Morgan fingerprint density at radius 2 is 2.10 bits per heavy atom. The van der Waals surface area contributed by atoms with Gasteiger partial charge in [0.15, 0.2) is 6.61 Å². The highest BCUT2D eigenvalue weighted by Gasteiger charge is 2.25. The largest absolute Gasteiger partial charge is 0.483 e. The van der Waals surface area contributed by atoms with Crippen LogP contribution in [-0.2, 0) is 10.2 Å². The fraction of sp³-hybridized carbons (Fsp3) is 0.562. The van der Waals surface area contributed by atoms with Crippen LogP contribution in [0.3, 0.4) is 0 Å². The Morgan fingerprint density at radius 1 is 1.40 bits per heavy atom. The number of carbonyl (C=O) groups is 1. The third-order valence-electron chi connectivity index (χ3n) is 3.56. The molecule has 1 heterocycles. The summed E-state index contributed by atoms with van der Waals surface area (Å²) in [5, 5.41) is 9.45. The van der Waals surface area contributed by atoms with Crippen LogP contribution in [0.4, 0.5) is 0 Å². The summed E-state index contributed by atoms with van der Waals surface area (Å²) >= 11 is 0. The minimum Gasteiger partial charge on any atom is -0.483 e. The highest BCUT2D eigenvalue weighted by Crippen LogP contribution is 2.30. The summed E-state index contributed by atoms with van der Waals surface area (Å²) in [5.74, 6) is 0.693. The van der Waals surface area contributed by atoms with Crippen molar-refractivity contribution in [3.63, 3.8) is 0 Å². The smallest absolute Gasteiger partial charge is 0.260 e. The molecule has 1 aliphatic heterocycles. The fourth-order valence-corrected chi connectivity index (χ4v) is 2.41. The van der Waals surface area contributed by atoms with Crippen LogP contribution in [0.15, 0.2) is 24.3 Å². The second-order valence-electron chi connectivity index (χ2n) is 6.32. The molecule has 1 fully saturated rings. The number of aliphatic hydroxyl groups is 1. The molecule has 0 spiro atoms. The van der Waals surface area contributed by atoms with Crippen LogP contribution < -0.4 is 4.74 Å². The summed E-state index contributed by atoms with van der Waals surface area (Å²) in [6, 6.07) is 7.81. The van der Waals surface area contributed by atoms with Crippen molar-refractivity contribution in [1.82, 2.24) is 4.90 Å². The molecule has 2 rings (SSSR count). The molecule has 0 aromatic heterocycles. The predicted molar refractivity (Wildman–Crippen MR) is 77.8 cm³/mol. The van der Waals surface area contributed by atoms with Gasteiger partial charge in [-0.3, -0.25) is 4.79 Å². The summed E-state index contributed by atoms with van der Waals surface area (Å²) in [5.41, 5.74) is 1.07. The zero-order chi connectivity index (χ0) is 14.8. The molecule has 4 heteroatoms. The molecule has 0 saturated carbocycles. The summed E-state index contributed by atoms with van der Waals surface area (Å²) in [6.07, 6.45) is 0.269. The van der Waals surface area contributed by atoms with Crippen molar-refractivity contribution in [3.8, 4) is 5.75 Å². The highest BCUT2D eigenvalue weighted by molar-refractivity contribution is 5.78. The zero-order valence-electron chi connectivity index (χ0n) is 12.4. The molecular formula is C16H23NO3. The first-order valence-electron chi connectivity index (χ1n) is 7.06. The summed E-state index contributed by atoms with van der Waals surface area (Å²) < 4.78 is 5.70. The number of carbonyl (C=O) groups excluding carboxylic acids is 1. The lowest BCUT2D eigenvalue weighted by atomic mass is 9.86. The maximum Gasteiger partial charge on any atom is 0.260 e. The molecule has 1 amide bonds. The number of rotatable bonds is 3. The standard InChI is InChI=1S/C16H23NO3/c1-16(2,3)13-6-4-5-7-14(13)20-11-15(19)17-9-8-12(18)10-17/h4-7,12,18H,8-11H2,1-3H3/t12-/m1/s1. The fourth-order valence-electron chi connectivity index (χ4n) is 2.41. The average Bonchev–Trinajstić information content (AvgIpc) is 2.82. The van der Waals surface area contributed by atoms with E-state index in [4.69, 9.17) is 4.74 Å². The van der Waals surface area contributed by atoms with Crippen LogP contribution >= 0.6 is 0 Å². The second-order valence-corrected chi connectivity index (χ2v) is 6.32. The van der Waals surface area contributed by atoms with E-state index in [-0.39, 0.29) is 24.0 Å². The van der Waals surface area contributed by atoms with Crippen LogP contribution in [-0.4, -0.2) is 41.7 Å². The molecule has 1 aromatic rings. The molecule has 0 unspecified atom stereocenters. The van der Waals surface area contributed by atoms with E-state index in [2.05, 4.69) is 20.8 Å². The topological polar surface area (TPSA) is 49.8 Å². The number of ether oxygens (including phenoxy) is 1. The van der Waals surface area contributed by atoms with E-state index in [0.29, 0.717) is 19.5 Å². The van der Waals surface area contributed by atoms with Gasteiger partial charge in [0.25, 0.3) is 5.91 Å². The lowest BCUT2D eigenvalue weighted by molar-refractivity contribution is -0.132. The average molecular weight is 277 g/mol. The van der Waals surface area contributed by atoms with Gasteiger partial charge < -0.3 is 14.7 Å². The Morgan fingerprint density at radius 3 is 2.70 bits per heavy atom. The highest BCUT2D eigenvalue weighted by atomic mass is 16.5. The van der Waals surface area contributed by atoms with Gasteiger partial charge >= 0.3 is 0 Å². The Hall–Kier alpha value is -1.55. The maximum atomic E-state index is 12.0. The van der Waals surface area contributed by atoms with E-state index in [1.54, 1.807) is 4.90 Å². The minimum absolute atomic E-state index is 0.0243. The minimum atomic E-state index is -0.388. The third-order valence-corrected chi connectivity index (χ3v) is 3.56. The molecule has 1 aliphatic rings. The number of hydrogen-bond donors (Lipinski definition) is 1. The van der Waals surface area contributed by atoms with Crippen molar-refractivity contribution in [2.24, 2.45) is 0 Å². The number of amides is 1. The molecule has 0 bridgehead atoms. The second kappa shape index (κ2) is 5.83. The monoisotopic (exact) mass is 277 g/mol. The molecule has 110 valence electrons. The van der Waals surface area contributed by atoms with Crippen molar-refractivity contribution in [3.05, 3.63) is 29.8 Å². The van der Waals surface area contributed by atoms with E-state index in [1.165, 1.54) is 0 Å². The molecule has 0 radical (unpaired) electrons. The molecule has 1 aromatic carbocycles. The van der Waals surface area contributed by atoms with Gasteiger partial charge in [0.2, 0.25) is 0 Å². The predicted octanol–water partition coefficient (Wildman–Crippen LogP) is 1.96. The van der Waals surface area contributed by atoms with E-state index in [0.717, 1.165) is 11.3 Å². The van der Waals surface area contributed by atoms with Crippen LogP contribution in [0.5, 0.6) is 5.75 Å². The lowest BCUT2D eigenvalue weighted by Crippen LogP contribution is -2.33. The lowest BCUT2D eigenvalue weighted by Gasteiger charge is -2.23. The van der Waals surface area contributed by atoms with Gasteiger partial charge in [0.05, 0.1) is 6.10 Å². The van der Waals surface area contributed by atoms with Gasteiger partial charge in [-0.25, -0.2) is 0 Å². The summed E-state index contributed by atoms with van der Waals surface area (Å²) in [6.45, 7) is 7.42. The number of para-hydroxylation sites is 1. The normalized spacial score (nSPS) is 19.2. The van der Waals surface area contributed by atoms with Gasteiger partial charge in [-0.05, 0) is 23.5 Å². The summed E-state index contributed by atoms with van der Waals surface area (Å²) in [7, 11) is 0. The first-order valence-corrected chi connectivity index (χ1v) is 7.06. The van der Waals surface area contributed by atoms with E-state index in [1.807, 2.05) is 24.3 Å². The van der Waals surface area contributed by atoms with E-state index >= 15 is 0 Å². The molecule has 1 N–H and O–H groups in total. The van der Waals surface area contributed by atoms with Crippen LogP contribution in [0.1, 0.15) is 32.8 Å². The van der Waals surface area contributed by atoms with E-state index < -0.39 is 0 Å². The Labute approximate surface area is 120 Å². The van der Waals surface area contributed by atoms with Crippen molar-refractivity contribution in [1.29, 1.82) is 0 Å². The van der Waals surface area contributed by atoms with Crippen LogP contribution in [0.25, 0.3) is 0 Å². The number of hydrogen-bond acceptors (Lipinski definition) is 3. The molecule has 20 heavy (non-hydrogen) atoms. The number of β-amino-alcohol motifs (C(OH)–C–C–N with tert-alkyl or cyclic N) is 1. The molecule has 4 nitrogen and oxygen atoms in total. The quantitative estimate of drug-likeness (QED) is 0.919. The molecule has 1 atom stereocenters. The van der Waals surface area contributed by atoms with Gasteiger partial charge in [-0.1, -0.05) is 39.0 Å². The number of likely N-dealkylation sites (tertiary alicyclic amines) is 1. The van der Waals surface area contributed by atoms with Crippen molar-refractivity contribution in [2.75, 3.05) is 19.7 Å². The Kier molecular flexibility index (Phi) is 4.33. The third kappa shape index (κ3) is 3.51. The molecular weight excluding hydrogens is 254 g/mol. The van der Waals surface area contributed by atoms with Crippen LogP contribution in [0, 0.1) is 0 Å². The maximum absolute atomic E-state index is 12.0. The van der Waals surface area contributed by atoms with E-state index in [9.17, 15) is 9.90 Å². The molecule has 1 saturated heterocycles. The SMILES string of the molecule is CC(C)(C)c1ccccc1OCC(=O)N1CC[C@@H](O)C1.